The van der Waals surface area contributed by atoms with Gasteiger partial charge in [0.05, 0.1) is 5.02 Å². The van der Waals surface area contributed by atoms with Crippen LogP contribution in [0, 0.1) is 11.7 Å². The summed E-state index contributed by atoms with van der Waals surface area (Å²) in [5.41, 5.74) is 1.17. The topological polar surface area (TPSA) is 0 Å². The average Bonchev–Trinajstić information content (AvgIpc) is 3.00. The van der Waals surface area contributed by atoms with Gasteiger partial charge in [-0.3, -0.25) is 0 Å². The Hall–Kier alpha value is -0.210. The first-order chi connectivity index (χ1) is 7.25. The summed E-state index contributed by atoms with van der Waals surface area (Å²) in [6.07, 6.45) is 3.80. The number of halogens is 2. The lowest BCUT2D eigenvalue weighted by Crippen LogP contribution is -2.10. The first-order valence-electron chi connectivity index (χ1n) is 5.37. The van der Waals surface area contributed by atoms with Gasteiger partial charge in [-0.05, 0) is 54.5 Å². The van der Waals surface area contributed by atoms with E-state index in [2.05, 4.69) is 0 Å². The lowest BCUT2D eigenvalue weighted by Gasteiger charge is -2.25. The van der Waals surface area contributed by atoms with E-state index in [1.165, 1.54) is 30.9 Å². The summed E-state index contributed by atoms with van der Waals surface area (Å²) in [6.45, 7) is 0. The summed E-state index contributed by atoms with van der Waals surface area (Å²) in [4.78, 5) is 1.13. The summed E-state index contributed by atoms with van der Waals surface area (Å²) in [5.74, 6) is 2.29. The van der Waals surface area contributed by atoms with Crippen LogP contribution in [0.5, 0.6) is 0 Å². The third-order valence-corrected chi connectivity index (χ3v) is 4.90. The van der Waals surface area contributed by atoms with Gasteiger partial charge in [0.15, 0.2) is 0 Å². The molecule has 0 N–H and O–H groups in total. The Morgan fingerprint density at radius 1 is 1.27 bits per heavy atom. The maximum Gasteiger partial charge on any atom is 0.125 e. The van der Waals surface area contributed by atoms with Gasteiger partial charge in [0.1, 0.15) is 5.82 Å². The fraction of sp³-hybridized carbons (Fsp3) is 0.500. The fourth-order valence-corrected chi connectivity index (χ4v) is 3.97. The zero-order chi connectivity index (χ0) is 10.4. The van der Waals surface area contributed by atoms with Gasteiger partial charge >= 0.3 is 0 Å². The van der Waals surface area contributed by atoms with Crippen LogP contribution in [0.25, 0.3) is 0 Å². The number of fused-ring (bicyclic) bond motifs is 1. The van der Waals surface area contributed by atoms with Crippen LogP contribution >= 0.6 is 23.4 Å². The lowest BCUT2D eigenvalue weighted by molar-refractivity contribution is 0.561. The zero-order valence-electron chi connectivity index (χ0n) is 8.30. The van der Waals surface area contributed by atoms with Crippen LogP contribution in [0.1, 0.15) is 30.7 Å². The van der Waals surface area contributed by atoms with Crippen molar-refractivity contribution in [2.24, 2.45) is 5.92 Å². The fourth-order valence-electron chi connectivity index (χ4n) is 2.44. The van der Waals surface area contributed by atoms with E-state index in [0.717, 1.165) is 16.6 Å². The Bertz CT molecular complexity index is 401. The summed E-state index contributed by atoms with van der Waals surface area (Å²) in [5, 5.41) is 0.598. The van der Waals surface area contributed by atoms with Crippen LogP contribution in [0.2, 0.25) is 5.02 Å². The van der Waals surface area contributed by atoms with E-state index < -0.39 is 0 Å². The van der Waals surface area contributed by atoms with Gasteiger partial charge < -0.3 is 0 Å². The Kier molecular flexibility index (Phi) is 2.44. The smallest absolute Gasteiger partial charge is 0.125 e. The summed E-state index contributed by atoms with van der Waals surface area (Å²) in [7, 11) is 0. The van der Waals surface area contributed by atoms with Gasteiger partial charge in [-0.2, -0.15) is 0 Å². The molecule has 2 aliphatic rings. The molecule has 0 saturated heterocycles. The molecule has 3 heteroatoms. The molecule has 1 saturated carbocycles. The van der Waals surface area contributed by atoms with Crippen LogP contribution in [-0.4, -0.2) is 5.75 Å². The average molecular weight is 243 g/mol. The summed E-state index contributed by atoms with van der Waals surface area (Å²) in [6, 6.07) is 3.12. The molecule has 1 aliphatic carbocycles. The van der Waals surface area contributed by atoms with Crippen molar-refractivity contribution in [3.05, 3.63) is 28.5 Å². The molecular formula is C12H12ClFS. The second kappa shape index (κ2) is 3.67. The SMILES string of the molecule is Fc1cc(Cl)c2c(c1)C(C1CC1)CCS2. The highest BCUT2D eigenvalue weighted by molar-refractivity contribution is 7.99. The minimum Gasteiger partial charge on any atom is -0.207 e. The molecule has 0 amide bonds. The third kappa shape index (κ3) is 1.78. The van der Waals surface area contributed by atoms with E-state index in [-0.39, 0.29) is 5.82 Å². The van der Waals surface area contributed by atoms with Crippen molar-refractivity contribution >= 4 is 23.4 Å². The predicted octanol–water partition coefficient (Wildman–Crippen LogP) is 4.47. The van der Waals surface area contributed by atoms with Crippen molar-refractivity contribution in [1.82, 2.24) is 0 Å². The predicted molar refractivity (Wildman–Crippen MR) is 62.2 cm³/mol. The van der Waals surface area contributed by atoms with Gasteiger partial charge in [0.25, 0.3) is 0 Å². The van der Waals surface area contributed by atoms with Crippen LogP contribution in [0.15, 0.2) is 17.0 Å². The maximum absolute atomic E-state index is 13.3. The quantitative estimate of drug-likeness (QED) is 0.700. The number of hydrogen-bond acceptors (Lipinski definition) is 1. The Balaban J connectivity index is 2.08. The van der Waals surface area contributed by atoms with Crippen molar-refractivity contribution in [2.75, 3.05) is 5.75 Å². The first-order valence-corrected chi connectivity index (χ1v) is 6.74. The molecule has 1 unspecified atom stereocenters. The van der Waals surface area contributed by atoms with E-state index in [1.54, 1.807) is 17.8 Å². The van der Waals surface area contributed by atoms with Crippen molar-refractivity contribution < 1.29 is 4.39 Å². The van der Waals surface area contributed by atoms with Gasteiger partial charge in [-0.1, -0.05) is 11.6 Å². The molecule has 1 aromatic carbocycles. The number of rotatable bonds is 1. The normalized spacial score (nSPS) is 25.1. The number of thioether (sulfide) groups is 1. The highest BCUT2D eigenvalue weighted by Crippen LogP contribution is 2.51. The molecule has 80 valence electrons. The monoisotopic (exact) mass is 242 g/mol. The van der Waals surface area contributed by atoms with Gasteiger partial charge in [-0.25, -0.2) is 4.39 Å². The number of benzene rings is 1. The van der Waals surface area contributed by atoms with Gasteiger partial charge in [0.2, 0.25) is 0 Å². The van der Waals surface area contributed by atoms with Crippen molar-refractivity contribution in [1.29, 1.82) is 0 Å². The second-order valence-electron chi connectivity index (χ2n) is 4.39. The molecule has 0 radical (unpaired) electrons. The highest BCUT2D eigenvalue weighted by Gasteiger charge is 2.35. The largest absolute Gasteiger partial charge is 0.207 e. The molecule has 0 aromatic heterocycles. The van der Waals surface area contributed by atoms with E-state index >= 15 is 0 Å². The van der Waals surface area contributed by atoms with E-state index in [9.17, 15) is 4.39 Å². The molecule has 1 aromatic rings. The molecule has 0 bridgehead atoms. The molecule has 0 nitrogen and oxygen atoms in total. The molecule has 1 fully saturated rings. The Morgan fingerprint density at radius 3 is 2.80 bits per heavy atom. The Morgan fingerprint density at radius 2 is 2.07 bits per heavy atom. The van der Waals surface area contributed by atoms with Crippen molar-refractivity contribution in [2.45, 2.75) is 30.1 Å². The zero-order valence-corrected chi connectivity index (χ0v) is 9.87. The molecule has 3 rings (SSSR count). The van der Waals surface area contributed by atoms with Crippen LogP contribution in [0.4, 0.5) is 4.39 Å². The van der Waals surface area contributed by atoms with Gasteiger partial charge in [-0.15, -0.1) is 11.8 Å². The first kappa shape index (κ1) is 9.98. The molecule has 1 aliphatic heterocycles. The summed E-state index contributed by atoms with van der Waals surface area (Å²) < 4.78 is 13.3. The molecular weight excluding hydrogens is 231 g/mol. The number of hydrogen-bond donors (Lipinski definition) is 0. The standard InChI is InChI=1S/C12H12ClFS/c13-11-6-8(14)5-10-9(7-1-2-7)3-4-15-12(10)11/h5-7,9H,1-4H2. The third-order valence-electron chi connectivity index (χ3n) is 3.30. The maximum atomic E-state index is 13.3. The molecule has 15 heavy (non-hydrogen) atoms. The van der Waals surface area contributed by atoms with Crippen molar-refractivity contribution in [3.8, 4) is 0 Å². The molecule has 1 atom stereocenters. The van der Waals surface area contributed by atoms with E-state index in [0.29, 0.717) is 10.9 Å². The van der Waals surface area contributed by atoms with E-state index in [1.807, 2.05) is 0 Å². The highest BCUT2D eigenvalue weighted by atomic mass is 35.5. The van der Waals surface area contributed by atoms with Gasteiger partial charge in [0, 0.05) is 4.90 Å². The molecule has 1 heterocycles. The van der Waals surface area contributed by atoms with Crippen molar-refractivity contribution in [3.63, 3.8) is 0 Å². The van der Waals surface area contributed by atoms with Crippen LogP contribution in [-0.2, 0) is 0 Å². The minimum absolute atomic E-state index is 0.188. The van der Waals surface area contributed by atoms with Crippen LogP contribution < -0.4 is 0 Å². The van der Waals surface area contributed by atoms with Crippen LogP contribution in [0.3, 0.4) is 0 Å². The second-order valence-corrected chi connectivity index (χ2v) is 5.90. The lowest BCUT2D eigenvalue weighted by atomic mass is 9.91. The molecule has 0 spiro atoms. The minimum atomic E-state index is -0.188. The van der Waals surface area contributed by atoms with E-state index in [4.69, 9.17) is 11.6 Å². The summed E-state index contributed by atoms with van der Waals surface area (Å²) >= 11 is 7.85. The Labute approximate surface area is 98.2 Å².